The van der Waals surface area contributed by atoms with E-state index in [2.05, 4.69) is 35.5 Å². The summed E-state index contributed by atoms with van der Waals surface area (Å²) in [6.07, 6.45) is 14.6. The number of terminal acetylenes is 1. The molecule has 1 aromatic carbocycles. The van der Waals surface area contributed by atoms with Crippen LogP contribution in [0.15, 0.2) is 52.2 Å². The molecule has 5 heteroatoms. The van der Waals surface area contributed by atoms with Crippen LogP contribution in [0.25, 0.3) is 0 Å². The molecule has 0 radical (unpaired) electrons. The Morgan fingerprint density at radius 2 is 1.84 bits per heavy atom. The summed E-state index contributed by atoms with van der Waals surface area (Å²) in [5, 5.41) is 16.0. The molecule has 0 spiro atoms. The molecule has 0 amide bonds. The predicted molar refractivity (Wildman–Crippen MR) is 141 cm³/mol. The second-order valence-corrected chi connectivity index (χ2v) is 12.1. The van der Waals surface area contributed by atoms with Crippen molar-refractivity contribution in [1.82, 2.24) is 0 Å². The number of hydrogen-bond donors (Lipinski definition) is 1. The average molecular weight is 506 g/mol. The molecule has 0 bridgehead atoms. The van der Waals surface area contributed by atoms with Gasteiger partial charge in [0.2, 0.25) is 0 Å². The molecule has 1 N–H and O–H groups in total. The number of rotatable bonds is 5. The van der Waals surface area contributed by atoms with E-state index in [1.807, 2.05) is 13.8 Å². The van der Waals surface area contributed by atoms with Crippen molar-refractivity contribution in [1.29, 1.82) is 0 Å². The first-order valence-corrected chi connectivity index (χ1v) is 14.0. The average Bonchev–Trinajstić information content (AvgIpc) is 3.72. The lowest BCUT2D eigenvalue weighted by Gasteiger charge is -2.55. The number of alkyl halides is 2. The van der Waals surface area contributed by atoms with Crippen molar-refractivity contribution < 1.29 is 18.7 Å². The second kappa shape index (κ2) is 8.80. The van der Waals surface area contributed by atoms with Crippen LogP contribution < -0.4 is 0 Å². The van der Waals surface area contributed by atoms with Gasteiger partial charge in [-0.25, -0.2) is 0 Å². The first-order valence-electron chi connectivity index (χ1n) is 14.0. The maximum Gasteiger partial charge on any atom is 0.336 e. The highest BCUT2D eigenvalue weighted by molar-refractivity contribution is 5.97. The zero-order valence-corrected chi connectivity index (χ0v) is 21.9. The molecule has 5 atom stereocenters. The summed E-state index contributed by atoms with van der Waals surface area (Å²) in [6.45, 7) is 4.37. The van der Waals surface area contributed by atoms with Gasteiger partial charge in [0.1, 0.15) is 12.2 Å². The van der Waals surface area contributed by atoms with Crippen molar-refractivity contribution >= 4 is 5.71 Å². The van der Waals surface area contributed by atoms with Crippen LogP contribution in [0.5, 0.6) is 0 Å². The maximum atomic E-state index is 15.2. The van der Waals surface area contributed by atoms with Gasteiger partial charge in [-0.15, -0.1) is 6.42 Å². The fourth-order valence-corrected chi connectivity index (χ4v) is 8.25. The summed E-state index contributed by atoms with van der Waals surface area (Å²) in [6, 6.07) is 8.88. The van der Waals surface area contributed by atoms with Gasteiger partial charge in [-0.2, -0.15) is 8.78 Å². The summed E-state index contributed by atoms with van der Waals surface area (Å²) < 4.78 is 30.5. The lowest BCUT2D eigenvalue weighted by Crippen LogP contribution is -2.60. The molecular formula is C32H37F2NO2. The van der Waals surface area contributed by atoms with Crippen molar-refractivity contribution in [2.45, 2.75) is 95.0 Å². The van der Waals surface area contributed by atoms with Crippen LogP contribution in [0.2, 0.25) is 0 Å². The Balaban J connectivity index is 1.47. The fraction of sp³-hybridized carbons (Fsp3) is 0.594. The summed E-state index contributed by atoms with van der Waals surface area (Å²) in [5.41, 5.74) is 4.50. The first kappa shape index (κ1) is 24.9. The molecule has 37 heavy (non-hydrogen) atoms. The number of hydrogen-bond acceptors (Lipinski definition) is 3. The van der Waals surface area contributed by atoms with Crippen molar-refractivity contribution in [2.75, 3.05) is 6.61 Å². The zero-order chi connectivity index (χ0) is 26.0. The highest BCUT2D eigenvalue weighted by Gasteiger charge is 2.71. The standard InChI is InChI=1S/C32H37F2NO2/c1-4-32(33,34)31(36)17-16-28-26-14-12-23-18-24(35-37-5-2)13-15-25(23)29(26)27(19-30(28,31)3)22-10-8-21(9-11-22)20-6-7-20/h1,8-11,18,20,26-28,36H,5-7,12-17,19H2,2-3H3/b35-24-/t26-,27+,28-,30-,31-/m0/s1. The van der Waals surface area contributed by atoms with Crippen LogP contribution in [-0.4, -0.2) is 28.9 Å². The highest BCUT2D eigenvalue weighted by Crippen LogP contribution is 2.69. The summed E-state index contributed by atoms with van der Waals surface area (Å²) in [4.78, 5) is 5.33. The van der Waals surface area contributed by atoms with E-state index in [9.17, 15) is 5.11 Å². The van der Waals surface area contributed by atoms with Crippen molar-refractivity contribution in [2.24, 2.45) is 22.4 Å². The minimum absolute atomic E-state index is 0.0122. The monoisotopic (exact) mass is 505 g/mol. The van der Waals surface area contributed by atoms with Crippen LogP contribution in [0.3, 0.4) is 0 Å². The summed E-state index contributed by atoms with van der Waals surface area (Å²) in [5.74, 6) is -1.07. The third-order valence-corrected chi connectivity index (χ3v) is 10.3. The lowest BCUT2D eigenvalue weighted by atomic mass is 9.50. The Hall–Kier alpha value is -2.45. The van der Waals surface area contributed by atoms with Gasteiger partial charge in [-0.1, -0.05) is 41.9 Å². The molecule has 0 heterocycles. The Bertz CT molecular complexity index is 1220. The van der Waals surface area contributed by atoms with E-state index in [1.165, 1.54) is 40.7 Å². The van der Waals surface area contributed by atoms with Gasteiger partial charge in [-0.05, 0) is 117 Å². The Kier molecular flexibility index (Phi) is 5.91. The van der Waals surface area contributed by atoms with E-state index in [-0.39, 0.29) is 24.2 Å². The smallest absolute Gasteiger partial charge is 0.336 e. The summed E-state index contributed by atoms with van der Waals surface area (Å²) >= 11 is 0. The Morgan fingerprint density at radius 3 is 2.51 bits per heavy atom. The predicted octanol–water partition coefficient (Wildman–Crippen LogP) is 7.29. The number of halogens is 2. The van der Waals surface area contributed by atoms with Gasteiger partial charge >= 0.3 is 5.92 Å². The molecule has 0 aliphatic heterocycles. The summed E-state index contributed by atoms with van der Waals surface area (Å²) in [7, 11) is 0. The molecule has 5 aliphatic rings. The van der Waals surface area contributed by atoms with Crippen LogP contribution in [-0.2, 0) is 4.84 Å². The van der Waals surface area contributed by atoms with Gasteiger partial charge in [0.05, 0.1) is 5.71 Å². The van der Waals surface area contributed by atoms with E-state index in [0.29, 0.717) is 25.4 Å². The van der Waals surface area contributed by atoms with Gasteiger partial charge in [0, 0.05) is 11.3 Å². The van der Waals surface area contributed by atoms with E-state index in [4.69, 9.17) is 11.3 Å². The number of fused-ring (bicyclic) bond motifs is 4. The van der Waals surface area contributed by atoms with Gasteiger partial charge in [0.25, 0.3) is 0 Å². The molecule has 3 saturated carbocycles. The number of oxime groups is 1. The van der Waals surface area contributed by atoms with Crippen LogP contribution >= 0.6 is 0 Å². The van der Waals surface area contributed by atoms with Gasteiger partial charge in [0.15, 0.2) is 0 Å². The molecule has 196 valence electrons. The lowest BCUT2D eigenvalue weighted by molar-refractivity contribution is -0.209. The molecule has 0 saturated heterocycles. The zero-order valence-electron chi connectivity index (χ0n) is 21.9. The van der Waals surface area contributed by atoms with E-state index in [1.54, 1.807) is 5.92 Å². The minimum atomic E-state index is -3.56. The van der Waals surface area contributed by atoms with Crippen molar-refractivity contribution in [3.05, 3.63) is 58.2 Å². The largest absolute Gasteiger partial charge is 0.396 e. The molecule has 5 aliphatic carbocycles. The van der Waals surface area contributed by atoms with Crippen LogP contribution in [0, 0.1) is 29.6 Å². The van der Waals surface area contributed by atoms with E-state index >= 15 is 8.78 Å². The molecular weight excluding hydrogens is 468 g/mol. The quantitative estimate of drug-likeness (QED) is 0.337. The van der Waals surface area contributed by atoms with E-state index in [0.717, 1.165) is 31.4 Å². The third-order valence-electron chi connectivity index (χ3n) is 10.3. The maximum absolute atomic E-state index is 15.2. The number of allylic oxidation sites excluding steroid dienone is 4. The number of benzene rings is 1. The Morgan fingerprint density at radius 1 is 1.11 bits per heavy atom. The molecule has 6 rings (SSSR count). The highest BCUT2D eigenvalue weighted by atomic mass is 19.3. The molecule has 0 aromatic heterocycles. The Labute approximate surface area is 219 Å². The number of aliphatic hydroxyl groups is 1. The molecule has 1 aromatic rings. The minimum Gasteiger partial charge on any atom is -0.396 e. The topological polar surface area (TPSA) is 41.8 Å². The van der Waals surface area contributed by atoms with Crippen molar-refractivity contribution in [3.63, 3.8) is 0 Å². The molecule has 3 fully saturated rings. The normalized spacial score (nSPS) is 36.4. The van der Waals surface area contributed by atoms with Gasteiger partial charge < -0.3 is 9.94 Å². The molecule has 3 nitrogen and oxygen atoms in total. The van der Waals surface area contributed by atoms with Gasteiger partial charge in [-0.3, -0.25) is 0 Å². The van der Waals surface area contributed by atoms with E-state index < -0.39 is 16.9 Å². The number of nitrogens with zero attached hydrogens (tertiary/aromatic N) is 1. The molecule has 0 unspecified atom stereocenters. The van der Waals surface area contributed by atoms with Crippen molar-refractivity contribution in [3.8, 4) is 12.3 Å². The fourth-order valence-electron chi connectivity index (χ4n) is 8.25. The first-order chi connectivity index (χ1) is 17.7. The third kappa shape index (κ3) is 3.74. The van der Waals surface area contributed by atoms with Crippen LogP contribution in [0.1, 0.15) is 94.6 Å². The SMILES string of the molecule is C#CC(F)(F)[C@]1(O)CC[C@H]2[C@@H]3CCC4=C/C(=N\OCC)CCC4=C3[C@@H](c3ccc(C4CC4)cc3)C[C@@]21C. The second-order valence-electron chi connectivity index (χ2n) is 12.1. The van der Waals surface area contributed by atoms with Crippen LogP contribution in [0.4, 0.5) is 8.78 Å².